The van der Waals surface area contributed by atoms with Crippen LogP contribution in [0.4, 0.5) is 0 Å². The van der Waals surface area contributed by atoms with Crippen LogP contribution in [-0.4, -0.2) is 51.0 Å². The molecule has 0 aromatic carbocycles. The average molecular weight is 335 g/mol. The first-order chi connectivity index (χ1) is 11.0. The molecule has 4 N–H and O–H groups in total. The molecule has 1 aliphatic carbocycles. The fraction of sp³-hybridized carbons (Fsp3) is 0.400. The van der Waals surface area contributed by atoms with Gasteiger partial charge in [0.25, 0.3) is 5.91 Å². The van der Waals surface area contributed by atoms with Gasteiger partial charge in [-0.25, -0.2) is 4.79 Å². The Hall–Kier alpha value is -2.06. The summed E-state index contributed by atoms with van der Waals surface area (Å²) in [5, 5.41) is 11.4. The zero-order valence-electron chi connectivity index (χ0n) is 12.3. The first-order valence-electron chi connectivity index (χ1n) is 7.28. The summed E-state index contributed by atoms with van der Waals surface area (Å²) in [6.07, 6.45) is 8.75. The van der Waals surface area contributed by atoms with Crippen LogP contribution < -0.4 is 11.1 Å². The first kappa shape index (κ1) is 15.8. The second-order valence-electron chi connectivity index (χ2n) is 5.48. The molecule has 0 bridgehead atoms. The van der Waals surface area contributed by atoms with Gasteiger partial charge < -0.3 is 16.2 Å². The van der Waals surface area contributed by atoms with E-state index >= 15 is 0 Å². The highest BCUT2D eigenvalue weighted by molar-refractivity contribution is 8.00. The number of nitrogens with one attached hydrogen (secondary N) is 1. The van der Waals surface area contributed by atoms with Gasteiger partial charge in [0, 0.05) is 5.75 Å². The van der Waals surface area contributed by atoms with E-state index in [4.69, 9.17) is 10.8 Å². The molecule has 3 aliphatic rings. The number of hydrogen-bond acceptors (Lipinski definition) is 5. The molecule has 2 aliphatic heterocycles. The average Bonchev–Trinajstić information content (AvgIpc) is 2.58. The number of carboxylic acids is 1. The van der Waals surface area contributed by atoms with Crippen molar-refractivity contribution in [2.24, 2.45) is 5.73 Å². The van der Waals surface area contributed by atoms with Crippen LogP contribution in [0, 0.1) is 0 Å². The smallest absolute Gasteiger partial charge is 0.352 e. The van der Waals surface area contributed by atoms with E-state index in [9.17, 15) is 14.4 Å². The van der Waals surface area contributed by atoms with Gasteiger partial charge in [0.15, 0.2) is 0 Å². The van der Waals surface area contributed by atoms with Crippen LogP contribution in [0.5, 0.6) is 0 Å². The minimum Gasteiger partial charge on any atom is -0.477 e. The van der Waals surface area contributed by atoms with E-state index in [2.05, 4.69) is 5.32 Å². The summed E-state index contributed by atoms with van der Waals surface area (Å²) in [6, 6.07) is -1.51. The Morgan fingerprint density at radius 1 is 1.39 bits per heavy atom. The van der Waals surface area contributed by atoms with Crippen LogP contribution in [0.15, 0.2) is 35.6 Å². The molecular formula is C15H17N3O4S. The lowest BCUT2D eigenvalue weighted by atomic mass is 9.97. The number of fused-ring (bicyclic) bond motifs is 1. The summed E-state index contributed by atoms with van der Waals surface area (Å²) in [7, 11) is 0. The van der Waals surface area contributed by atoms with Gasteiger partial charge in [0.2, 0.25) is 5.91 Å². The van der Waals surface area contributed by atoms with Crippen LogP contribution in [-0.2, 0) is 14.4 Å². The lowest BCUT2D eigenvalue weighted by Gasteiger charge is -2.48. The molecule has 2 heterocycles. The Morgan fingerprint density at radius 2 is 2.17 bits per heavy atom. The molecule has 0 radical (unpaired) electrons. The molecule has 7 nitrogen and oxygen atoms in total. The molecule has 0 unspecified atom stereocenters. The Bertz CT molecular complexity index is 655. The third-order valence-electron chi connectivity index (χ3n) is 4.08. The van der Waals surface area contributed by atoms with Crippen molar-refractivity contribution in [2.75, 3.05) is 5.75 Å². The van der Waals surface area contributed by atoms with Crippen LogP contribution in [0.2, 0.25) is 0 Å². The standard InChI is InChI=1S/C15H17N3O4S/c16-10(8-4-2-1-3-5-8)12(19)17-11-13(20)18-9(15(21)22)6-7-23-14(11)18/h1-2,5-6,10-11,14H,3-4,7,16H2,(H,17,19)(H,21,22)/t10-,11-,14-/m1/s1. The number of allylic oxidation sites excluding steroid dienone is 3. The highest BCUT2D eigenvalue weighted by Gasteiger charge is 2.53. The van der Waals surface area contributed by atoms with Crippen LogP contribution in [0.25, 0.3) is 0 Å². The number of amides is 2. The van der Waals surface area contributed by atoms with E-state index < -0.39 is 29.9 Å². The molecule has 3 atom stereocenters. The molecule has 0 saturated carbocycles. The summed E-state index contributed by atoms with van der Waals surface area (Å²) in [5.74, 6) is -1.46. The molecule has 3 rings (SSSR count). The zero-order chi connectivity index (χ0) is 16.6. The number of hydrogen-bond donors (Lipinski definition) is 3. The maximum atomic E-state index is 12.3. The van der Waals surface area contributed by atoms with Gasteiger partial charge in [0.05, 0.1) is 0 Å². The van der Waals surface area contributed by atoms with E-state index in [1.54, 1.807) is 0 Å². The van der Waals surface area contributed by atoms with Crippen molar-refractivity contribution in [3.63, 3.8) is 0 Å². The molecule has 0 spiro atoms. The maximum absolute atomic E-state index is 12.3. The minimum absolute atomic E-state index is 0.0197. The van der Waals surface area contributed by atoms with Gasteiger partial charge in [-0.2, -0.15) is 0 Å². The first-order valence-corrected chi connectivity index (χ1v) is 8.33. The molecule has 0 aromatic heterocycles. The Kier molecular flexibility index (Phi) is 4.27. The van der Waals surface area contributed by atoms with Crippen molar-refractivity contribution in [1.82, 2.24) is 10.2 Å². The number of β-lactam (4-membered cyclic amide) rings is 1. The van der Waals surface area contributed by atoms with Crippen molar-refractivity contribution < 1.29 is 19.5 Å². The summed E-state index contributed by atoms with van der Waals surface area (Å²) in [4.78, 5) is 36.8. The molecule has 0 aromatic rings. The fourth-order valence-corrected chi connectivity index (χ4v) is 4.02. The second-order valence-corrected chi connectivity index (χ2v) is 6.63. The summed E-state index contributed by atoms with van der Waals surface area (Å²) >= 11 is 1.42. The Morgan fingerprint density at radius 3 is 2.83 bits per heavy atom. The number of nitrogens with two attached hydrogens (primary N) is 1. The maximum Gasteiger partial charge on any atom is 0.352 e. The number of aliphatic carboxylic acids is 1. The third kappa shape index (κ3) is 2.79. The number of nitrogens with zero attached hydrogens (tertiary/aromatic N) is 1. The topological polar surface area (TPSA) is 113 Å². The van der Waals surface area contributed by atoms with Crippen LogP contribution in [0.3, 0.4) is 0 Å². The zero-order valence-corrected chi connectivity index (χ0v) is 13.1. The number of rotatable bonds is 4. The molecule has 2 amide bonds. The molecule has 8 heteroatoms. The van der Waals surface area contributed by atoms with Gasteiger partial charge in [-0.3, -0.25) is 14.5 Å². The Labute approximate surface area is 137 Å². The fourth-order valence-electron chi connectivity index (χ4n) is 2.82. The van der Waals surface area contributed by atoms with E-state index in [1.165, 1.54) is 22.7 Å². The Balaban J connectivity index is 1.65. The molecule has 1 saturated heterocycles. The second kappa shape index (κ2) is 6.21. The van der Waals surface area contributed by atoms with Gasteiger partial charge >= 0.3 is 5.97 Å². The van der Waals surface area contributed by atoms with Crippen LogP contribution >= 0.6 is 11.8 Å². The number of carbonyl (C=O) groups is 3. The third-order valence-corrected chi connectivity index (χ3v) is 5.27. The van der Waals surface area contributed by atoms with E-state index in [0.29, 0.717) is 12.2 Å². The molecule has 122 valence electrons. The molecular weight excluding hydrogens is 318 g/mol. The number of carbonyl (C=O) groups excluding carboxylic acids is 2. The predicted molar refractivity (Wildman–Crippen MR) is 85.2 cm³/mol. The highest BCUT2D eigenvalue weighted by Crippen LogP contribution is 2.37. The van der Waals surface area contributed by atoms with E-state index in [-0.39, 0.29) is 11.1 Å². The largest absolute Gasteiger partial charge is 0.477 e. The number of carboxylic acid groups (broad SMARTS) is 1. The van der Waals surface area contributed by atoms with Crippen LogP contribution in [0.1, 0.15) is 12.8 Å². The summed E-state index contributed by atoms with van der Waals surface area (Å²) in [6.45, 7) is 0. The van der Waals surface area contributed by atoms with Crippen molar-refractivity contribution in [3.05, 3.63) is 35.6 Å². The van der Waals surface area contributed by atoms with Crippen molar-refractivity contribution in [2.45, 2.75) is 30.3 Å². The van der Waals surface area contributed by atoms with Crippen molar-refractivity contribution in [1.29, 1.82) is 0 Å². The van der Waals surface area contributed by atoms with E-state index in [1.807, 2.05) is 18.2 Å². The monoisotopic (exact) mass is 335 g/mol. The highest BCUT2D eigenvalue weighted by atomic mass is 32.2. The van der Waals surface area contributed by atoms with Crippen molar-refractivity contribution in [3.8, 4) is 0 Å². The van der Waals surface area contributed by atoms with Crippen molar-refractivity contribution >= 4 is 29.5 Å². The quantitative estimate of drug-likeness (QED) is 0.491. The summed E-state index contributed by atoms with van der Waals surface area (Å²) in [5.41, 5.74) is 6.77. The number of thioether (sulfide) groups is 1. The van der Waals surface area contributed by atoms with Gasteiger partial charge in [-0.15, -0.1) is 11.8 Å². The lowest BCUT2D eigenvalue weighted by Crippen LogP contribution is -2.71. The SMILES string of the molecule is N[C@@H](C(=O)N[C@@H]1C(=O)N2C(C(=O)O)=CCS[C@H]12)C1=CCC=CC1. The van der Waals surface area contributed by atoms with Gasteiger partial charge in [-0.1, -0.05) is 18.2 Å². The predicted octanol–water partition coefficient (Wildman–Crippen LogP) is -0.0415. The minimum atomic E-state index is -1.13. The normalized spacial score (nSPS) is 27.3. The van der Waals surface area contributed by atoms with E-state index in [0.717, 1.165) is 12.0 Å². The molecule has 1 fully saturated rings. The lowest BCUT2D eigenvalue weighted by molar-refractivity contribution is -0.150. The molecule has 23 heavy (non-hydrogen) atoms. The summed E-state index contributed by atoms with van der Waals surface area (Å²) < 4.78 is 0. The van der Waals surface area contributed by atoms with Gasteiger partial charge in [0.1, 0.15) is 23.2 Å². The van der Waals surface area contributed by atoms with Gasteiger partial charge in [-0.05, 0) is 24.5 Å².